The molecule has 0 radical (unpaired) electrons. The fraction of sp³-hybridized carbons (Fsp3) is 0.400. The molecule has 0 saturated heterocycles. The maximum absolute atomic E-state index is 6.03. The number of hydrogen-bond donors (Lipinski definition) is 1. The van der Waals surface area contributed by atoms with Crippen LogP contribution in [0.25, 0.3) is 11.3 Å². The van der Waals surface area contributed by atoms with Crippen molar-refractivity contribution in [3.05, 3.63) is 40.2 Å². The number of nitrogens with two attached hydrogens (primary N) is 1. The fourth-order valence-corrected chi connectivity index (χ4v) is 2.68. The molecule has 2 aromatic rings. The lowest BCUT2D eigenvalue weighted by molar-refractivity contribution is 0.517. The smallest absolute Gasteiger partial charge is 0.0929 e. The molecule has 0 unspecified atom stereocenters. The fourth-order valence-electron chi connectivity index (χ4n) is 1.93. The number of rotatable bonds is 4. The lowest BCUT2D eigenvalue weighted by atomic mass is 9.95. The number of aromatic nitrogens is 1. The first-order valence-electron chi connectivity index (χ1n) is 6.30. The Morgan fingerprint density at radius 2 is 1.89 bits per heavy atom. The normalized spacial score (nSPS) is 11.8. The second kappa shape index (κ2) is 5.21. The van der Waals surface area contributed by atoms with Gasteiger partial charge in [0.25, 0.3) is 0 Å². The van der Waals surface area contributed by atoms with Crippen LogP contribution in [-0.4, -0.2) is 10.5 Å². The Balaban J connectivity index is 2.17. The van der Waals surface area contributed by atoms with E-state index in [2.05, 4.69) is 55.4 Å². The van der Waals surface area contributed by atoms with Crippen LogP contribution in [0.5, 0.6) is 0 Å². The highest BCUT2D eigenvalue weighted by atomic mass is 32.1. The molecule has 1 aromatic heterocycles. The van der Waals surface area contributed by atoms with Crippen molar-refractivity contribution in [2.75, 3.05) is 0 Å². The Morgan fingerprint density at radius 1 is 1.22 bits per heavy atom. The van der Waals surface area contributed by atoms with E-state index in [0.717, 1.165) is 18.5 Å². The van der Waals surface area contributed by atoms with Crippen LogP contribution in [0.4, 0.5) is 0 Å². The number of hydrogen-bond acceptors (Lipinski definition) is 3. The molecule has 0 fully saturated rings. The highest BCUT2D eigenvalue weighted by molar-refractivity contribution is 7.09. The van der Waals surface area contributed by atoms with Gasteiger partial charge in [0.05, 0.1) is 10.7 Å². The van der Waals surface area contributed by atoms with E-state index < -0.39 is 0 Å². The topological polar surface area (TPSA) is 38.9 Å². The van der Waals surface area contributed by atoms with Crippen LogP contribution in [0.1, 0.15) is 31.3 Å². The Labute approximate surface area is 113 Å². The summed E-state index contributed by atoms with van der Waals surface area (Å²) in [5.41, 5.74) is 9.41. The summed E-state index contributed by atoms with van der Waals surface area (Å²) in [6.07, 6.45) is 1.90. The zero-order valence-corrected chi connectivity index (χ0v) is 12.1. The number of nitrogens with zero attached hydrogens (tertiary/aromatic N) is 1. The van der Waals surface area contributed by atoms with Crippen molar-refractivity contribution in [1.29, 1.82) is 0 Å². The van der Waals surface area contributed by atoms with Gasteiger partial charge in [0.1, 0.15) is 0 Å². The van der Waals surface area contributed by atoms with E-state index in [4.69, 9.17) is 5.73 Å². The van der Waals surface area contributed by atoms with Crippen LogP contribution in [0.2, 0.25) is 0 Å². The average molecular weight is 260 g/mol. The molecule has 0 bridgehead atoms. The molecule has 0 aliphatic rings. The predicted molar refractivity (Wildman–Crippen MR) is 78.9 cm³/mol. The zero-order valence-electron chi connectivity index (χ0n) is 11.2. The SMILES string of the molecule is CCc1nc(-c2ccc(CC(C)(C)N)cc2)cs1. The van der Waals surface area contributed by atoms with Crippen molar-refractivity contribution in [2.45, 2.75) is 39.2 Å². The Kier molecular flexibility index (Phi) is 3.83. The van der Waals surface area contributed by atoms with Gasteiger partial charge in [-0.1, -0.05) is 31.2 Å². The zero-order chi connectivity index (χ0) is 13.2. The summed E-state index contributed by atoms with van der Waals surface area (Å²) in [7, 11) is 0. The lowest BCUT2D eigenvalue weighted by Crippen LogP contribution is -2.34. The van der Waals surface area contributed by atoms with Crippen molar-refractivity contribution < 1.29 is 0 Å². The summed E-state index contributed by atoms with van der Waals surface area (Å²) >= 11 is 1.73. The molecule has 0 aliphatic heterocycles. The molecule has 2 N–H and O–H groups in total. The molecule has 18 heavy (non-hydrogen) atoms. The minimum Gasteiger partial charge on any atom is -0.325 e. The van der Waals surface area contributed by atoms with Crippen LogP contribution in [0.3, 0.4) is 0 Å². The van der Waals surface area contributed by atoms with Crippen LogP contribution in [-0.2, 0) is 12.8 Å². The van der Waals surface area contributed by atoms with Gasteiger partial charge in [0.2, 0.25) is 0 Å². The van der Waals surface area contributed by atoms with Crippen molar-refractivity contribution in [1.82, 2.24) is 4.98 Å². The molecule has 0 amide bonds. The molecular formula is C15H20N2S. The van der Waals surface area contributed by atoms with Crippen molar-refractivity contribution in [3.8, 4) is 11.3 Å². The maximum Gasteiger partial charge on any atom is 0.0929 e. The highest BCUT2D eigenvalue weighted by Gasteiger charge is 2.11. The quantitative estimate of drug-likeness (QED) is 0.911. The van der Waals surface area contributed by atoms with Gasteiger partial charge < -0.3 is 5.73 Å². The van der Waals surface area contributed by atoms with E-state index in [0.29, 0.717) is 0 Å². The molecular weight excluding hydrogens is 240 g/mol. The minimum absolute atomic E-state index is 0.155. The van der Waals surface area contributed by atoms with E-state index in [-0.39, 0.29) is 5.54 Å². The third-order valence-electron chi connectivity index (χ3n) is 2.76. The van der Waals surface area contributed by atoms with Crippen molar-refractivity contribution in [2.24, 2.45) is 5.73 Å². The van der Waals surface area contributed by atoms with Crippen LogP contribution in [0, 0.1) is 0 Å². The van der Waals surface area contributed by atoms with E-state index in [9.17, 15) is 0 Å². The summed E-state index contributed by atoms with van der Waals surface area (Å²) in [4.78, 5) is 4.60. The summed E-state index contributed by atoms with van der Waals surface area (Å²) in [6.45, 7) is 6.23. The van der Waals surface area contributed by atoms with Gasteiger partial charge in [-0.25, -0.2) is 4.98 Å². The first kappa shape index (κ1) is 13.2. The number of thiazole rings is 1. The molecule has 0 aliphatic carbocycles. The van der Waals surface area contributed by atoms with Crippen LogP contribution in [0.15, 0.2) is 29.6 Å². The van der Waals surface area contributed by atoms with E-state index in [1.165, 1.54) is 16.1 Å². The minimum atomic E-state index is -0.155. The van der Waals surface area contributed by atoms with E-state index in [1.807, 2.05) is 0 Å². The standard InChI is InChI=1S/C15H20N2S/c1-4-14-17-13(10-18-14)12-7-5-11(6-8-12)9-15(2,3)16/h5-8,10H,4,9,16H2,1-3H3. The Morgan fingerprint density at radius 3 is 2.39 bits per heavy atom. The van der Waals surface area contributed by atoms with Crippen LogP contribution >= 0.6 is 11.3 Å². The van der Waals surface area contributed by atoms with Gasteiger partial charge in [-0.15, -0.1) is 11.3 Å². The number of benzene rings is 1. The highest BCUT2D eigenvalue weighted by Crippen LogP contribution is 2.23. The molecule has 2 nitrogen and oxygen atoms in total. The molecule has 0 spiro atoms. The lowest BCUT2D eigenvalue weighted by Gasteiger charge is -2.18. The number of aryl methyl sites for hydroxylation is 1. The first-order valence-corrected chi connectivity index (χ1v) is 7.18. The summed E-state index contributed by atoms with van der Waals surface area (Å²) in [6, 6.07) is 8.56. The van der Waals surface area contributed by atoms with Crippen molar-refractivity contribution >= 4 is 11.3 Å². The third-order valence-corrected chi connectivity index (χ3v) is 3.76. The summed E-state index contributed by atoms with van der Waals surface area (Å²) in [5.74, 6) is 0. The van der Waals surface area contributed by atoms with Gasteiger partial charge in [-0.05, 0) is 32.3 Å². The second-order valence-corrected chi connectivity index (χ2v) is 6.28. The molecule has 96 valence electrons. The molecule has 1 heterocycles. The van der Waals surface area contributed by atoms with Gasteiger partial charge in [0, 0.05) is 16.5 Å². The summed E-state index contributed by atoms with van der Waals surface area (Å²) in [5, 5.41) is 3.32. The molecule has 2 rings (SSSR count). The Bertz CT molecular complexity index is 506. The van der Waals surface area contributed by atoms with E-state index >= 15 is 0 Å². The molecule has 0 atom stereocenters. The van der Waals surface area contributed by atoms with E-state index in [1.54, 1.807) is 11.3 Å². The predicted octanol–water partition coefficient (Wildman–Crippen LogP) is 3.65. The van der Waals surface area contributed by atoms with Gasteiger partial charge >= 0.3 is 0 Å². The molecule has 3 heteroatoms. The largest absolute Gasteiger partial charge is 0.325 e. The van der Waals surface area contributed by atoms with Gasteiger partial charge in [-0.3, -0.25) is 0 Å². The maximum atomic E-state index is 6.03. The van der Waals surface area contributed by atoms with Gasteiger partial charge in [-0.2, -0.15) is 0 Å². The first-order chi connectivity index (χ1) is 8.48. The van der Waals surface area contributed by atoms with Crippen molar-refractivity contribution in [3.63, 3.8) is 0 Å². The summed E-state index contributed by atoms with van der Waals surface area (Å²) < 4.78 is 0. The second-order valence-electron chi connectivity index (χ2n) is 5.34. The average Bonchev–Trinajstić information content (AvgIpc) is 2.76. The third kappa shape index (κ3) is 3.40. The monoisotopic (exact) mass is 260 g/mol. The molecule has 1 aromatic carbocycles. The van der Waals surface area contributed by atoms with Crippen LogP contribution < -0.4 is 5.73 Å². The Hall–Kier alpha value is -1.19. The molecule has 0 saturated carbocycles. The van der Waals surface area contributed by atoms with Gasteiger partial charge in [0.15, 0.2) is 0 Å².